The number of nitrogens with zero attached hydrogens (tertiary/aromatic N) is 1. The van der Waals surface area contributed by atoms with E-state index in [1.54, 1.807) is 0 Å². The highest BCUT2D eigenvalue weighted by Gasteiger charge is 2.25. The molecule has 0 unspecified atom stereocenters. The van der Waals surface area contributed by atoms with E-state index in [1.807, 2.05) is 13.8 Å². The Labute approximate surface area is 103 Å². The Morgan fingerprint density at radius 1 is 1.31 bits per heavy atom. The average Bonchev–Trinajstić information content (AvgIpc) is 2.17. The predicted octanol–water partition coefficient (Wildman–Crippen LogP) is 1.70. The van der Waals surface area contributed by atoms with Crippen LogP contribution in [0.5, 0.6) is 0 Å². The fraction of sp³-hybridized carbons (Fsp3) is 0.909. The van der Waals surface area contributed by atoms with Crippen LogP contribution in [-0.2, 0) is 9.47 Å². The van der Waals surface area contributed by atoms with Crippen molar-refractivity contribution in [3.63, 3.8) is 0 Å². The second-order valence-corrected chi connectivity index (χ2v) is 4.38. The van der Waals surface area contributed by atoms with Crippen molar-refractivity contribution in [2.24, 2.45) is 0 Å². The van der Waals surface area contributed by atoms with Crippen LogP contribution < -0.4 is 5.32 Å². The molecule has 1 fully saturated rings. The van der Waals surface area contributed by atoms with Gasteiger partial charge in [0.25, 0.3) is 0 Å². The molecule has 1 rings (SSSR count). The van der Waals surface area contributed by atoms with E-state index in [0.29, 0.717) is 0 Å². The van der Waals surface area contributed by atoms with E-state index in [1.165, 1.54) is 0 Å². The molecule has 0 saturated carbocycles. The van der Waals surface area contributed by atoms with E-state index >= 15 is 0 Å². The summed E-state index contributed by atoms with van der Waals surface area (Å²) < 4.78 is 11.1. The molecule has 0 amide bonds. The first-order valence-corrected chi connectivity index (χ1v) is 6.34. The predicted molar refractivity (Wildman–Crippen MR) is 68.2 cm³/mol. The summed E-state index contributed by atoms with van der Waals surface area (Å²) in [6, 6.07) is 0. The van der Waals surface area contributed by atoms with Crippen molar-refractivity contribution >= 4 is 17.3 Å². The minimum atomic E-state index is -0.166. The van der Waals surface area contributed by atoms with Gasteiger partial charge < -0.3 is 19.7 Å². The Balaban J connectivity index is 2.43. The third-order valence-corrected chi connectivity index (χ3v) is 3.04. The summed E-state index contributed by atoms with van der Waals surface area (Å²) in [5.74, 6) is 0. The van der Waals surface area contributed by atoms with Crippen LogP contribution in [0.1, 0.15) is 34.1 Å². The smallest absolute Gasteiger partial charge is 0.170 e. The maximum absolute atomic E-state index is 5.62. The van der Waals surface area contributed by atoms with Gasteiger partial charge in [0, 0.05) is 19.5 Å². The van der Waals surface area contributed by atoms with Gasteiger partial charge in [-0.05, 0) is 39.9 Å². The minimum Gasteiger partial charge on any atom is -0.350 e. The first kappa shape index (κ1) is 13.7. The van der Waals surface area contributed by atoms with E-state index in [4.69, 9.17) is 21.7 Å². The molecular weight excluding hydrogens is 224 g/mol. The van der Waals surface area contributed by atoms with Crippen LogP contribution in [0.4, 0.5) is 0 Å². The molecule has 0 bridgehead atoms. The quantitative estimate of drug-likeness (QED) is 0.767. The van der Waals surface area contributed by atoms with E-state index in [2.05, 4.69) is 24.1 Å². The first-order chi connectivity index (χ1) is 7.56. The molecule has 0 aromatic heterocycles. The van der Waals surface area contributed by atoms with Crippen molar-refractivity contribution in [1.29, 1.82) is 0 Å². The molecule has 0 radical (unpaired) electrons. The lowest BCUT2D eigenvalue weighted by Gasteiger charge is -2.35. The van der Waals surface area contributed by atoms with Crippen LogP contribution in [0.25, 0.3) is 0 Å². The number of hydrogen-bond donors (Lipinski definition) is 1. The summed E-state index contributed by atoms with van der Waals surface area (Å²) in [6.07, 6.45) is 0.833. The van der Waals surface area contributed by atoms with Crippen LogP contribution in [0, 0.1) is 0 Å². The summed E-state index contributed by atoms with van der Waals surface area (Å²) in [5, 5.41) is 4.00. The molecule has 1 aliphatic heterocycles. The Bertz CT molecular complexity index is 224. The summed E-state index contributed by atoms with van der Waals surface area (Å²) in [4.78, 5) is 2.10. The van der Waals surface area contributed by atoms with E-state index in [9.17, 15) is 0 Å². The van der Waals surface area contributed by atoms with E-state index < -0.39 is 0 Å². The molecule has 4 nitrogen and oxygen atoms in total. The van der Waals surface area contributed by atoms with Crippen molar-refractivity contribution in [2.45, 2.75) is 52.7 Å². The normalized spacial score (nSPS) is 29.9. The molecule has 1 heterocycles. The third kappa shape index (κ3) is 3.88. The number of nitrogens with one attached hydrogen (secondary N) is 1. The average molecular weight is 246 g/mol. The van der Waals surface area contributed by atoms with Gasteiger partial charge in [-0.15, -0.1) is 0 Å². The van der Waals surface area contributed by atoms with Crippen LogP contribution in [0.3, 0.4) is 0 Å². The van der Waals surface area contributed by atoms with Crippen molar-refractivity contribution in [3.8, 4) is 0 Å². The lowest BCUT2D eigenvalue weighted by Crippen LogP contribution is -2.50. The van der Waals surface area contributed by atoms with Crippen molar-refractivity contribution < 1.29 is 9.47 Å². The molecule has 0 aromatic rings. The van der Waals surface area contributed by atoms with Gasteiger partial charge in [0.15, 0.2) is 11.4 Å². The molecular formula is C11H22N2O2S. The Kier molecular flexibility index (Phi) is 5.44. The summed E-state index contributed by atoms with van der Waals surface area (Å²) in [6.45, 7) is 9.97. The summed E-state index contributed by atoms with van der Waals surface area (Å²) in [5.41, 5.74) is 0. The maximum atomic E-state index is 5.62. The zero-order chi connectivity index (χ0) is 12.1. The molecule has 3 atom stereocenters. The van der Waals surface area contributed by atoms with Crippen LogP contribution >= 0.6 is 12.2 Å². The Morgan fingerprint density at radius 2 is 1.94 bits per heavy atom. The van der Waals surface area contributed by atoms with Gasteiger partial charge in [0.1, 0.15) is 6.23 Å². The lowest BCUT2D eigenvalue weighted by molar-refractivity contribution is -0.232. The molecule has 0 aliphatic carbocycles. The molecule has 0 spiro atoms. The third-order valence-electron chi connectivity index (χ3n) is 2.66. The molecule has 1 N–H and O–H groups in total. The Hall–Kier alpha value is -0.390. The highest BCUT2D eigenvalue weighted by Crippen LogP contribution is 2.16. The van der Waals surface area contributed by atoms with Crippen molar-refractivity contribution in [3.05, 3.63) is 0 Å². The fourth-order valence-electron chi connectivity index (χ4n) is 1.84. The topological polar surface area (TPSA) is 33.7 Å². The number of rotatable bonds is 3. The number of hydrogen-bond acceptors (Lipinski definition) is 3. The first-order valence-electron chi connectivity index (χ1n) is 5.93. The molecule has 0 aromatic carbocycles. The van der Waals surface area contributed by atoms with Crippen molar-refractivity contribution in [2.75, 3.05) is 13.1 Å². The second kappa shape index (κ2) is 6.37. The van der Waals surface area contributed by atoms with Gasteiger partial charge in [-0.25, -0.2) is 0 Å². The zero-order valence-corrected chi connectivity index (χ0v) is 11.3. The Morgan fingerprint density at radius 3 is 2.44 bits per heavy atom. The summed E-state index contributed by atoms with van der Waals surface area (Å²) >= 11 is 5.33. The van der Waals surface area contributed by atoms with Crippen LogP contribution in [-0.4, -0.2) is 41.7 Å². The maximum Gasteiger partial charge on any atom is 0.170 e. The highest BCUT2D eigenvalue weighted by molar-refractivity contribution is 7.80. The fourth-order valence-corrected chi connectivity index (χ4v) is 2.23. The van der Waals surface area contributed by atoms with Gasteiger partial charge in [0.2, 0.25) is 0 Å². The monoisotopic (exact) mass is 246 g/mol. The van der Waals surface area contributed by atoms with Crippen LogP contribution in [0.2, 0.25) is 0 Å². The molecule has 5 heteroatoms. The number of ether oxygens (including phenoxy) is 2. The second-order valence-electron chi connectivity index (χ2n) is 4.00. The molecule has 1 saturated heterocycles. The van der Waals surface area contributed by atoms with Crippen molar-refractivity contribution in [1.82, 2.24) is 10.2 Å². The van der Waals surface area contributed by atoms with E-state index in [0.717, 1.165) is 24.6 Å². The lowest BCUT2D eigenvalue weighted by atomic mass is 10.2. The van der Waals surface area contributed by atoms with Gasteiger partial charge in [-0.3, -0.25) is 0 Å². The number of thiocarbonyl (C=S) groups is 1. The highest BCUT2D eigenvalue weighted by atomic mass is 32.1. The molecule has 1 aliphatic rings. The van der Waals surface area contributed by atoms with Gasteiger partial charge in [-0.1, -0.05) is 0 Å². The minimum absolute atomic E-state index is 0.0353. The SMILES string of the molecule is CCN(CC)C(=S)N[C@H]1C[C@@H](C)O[C@@H](C)O1. The van der Waals surface area contributed by atoms with Gasteiger partial charge in [-0.2, -0.15) is 0 Å². The summed E-state index contributed by atoms with van der Waals surface area (Å²) in [7, 11) is 0. The van der Waals surface area contributed by atoms with E-state index in [-0.39, 0.29) is 18.6 Å². The zero-order valence-electron chi connectivity index (χ0n) is 10.5. The van der Waals surface area contributed by atoms with Gasteiger partial charge >= 0.3 is 0 Å². The molecule has 16 heavy (non-hydrogen) atoms. The van der Waals surface area contributed by atoms with Gasteiger partial charge in [0.05, 0.1) is 6.10 Å². The molecule has 94 valence electrons. The van der Waals surface area contributed by atoms with Crippen LogP contribution in [0.15, 0.2) is 0 Å². The largest absolute Gasteiger partial charge is 0.350 e. The standard InChI is InChI=1S/C11H22N2O2S/c1-5-13(6-2)11(16)12-10-7-8(3)14-9(4)15-10/h8-10H,5-7H2,1-4H3,(H,12,16)/t8-,9-,10-/m1/s1.